The summed E-state index contributed by atoms with van der Waals surface area (Å²) in [6.45, 7) is 2.64. The fourth-order valence-corrected chi connectivity index (χ4v) is 4.27. The van der Waals surface area contributed by atoms with E-state index in [0.29, 0.717) is 0 Å². The molecule has 0 aliphatic carbocycles. The molecule has 0 saturated heterocycles. The predicted molar refractivity (Wildman–Crippen MR) is 87.7 cm³/mol. The van der Waals surface area contributed by atoms with Crippen LogP contribution >= 0.6 is 11.3 Å². The number of sulfonamides is 1. The zero-order valence-corrected chi connectivity index (χ0v) is 13.8. The first-order valence-corrected chi connectivity index (χ1v) is 9.29. The van der Waals surface area contributed by atoms with Gasteiger partial charge in [0.15, 0.2) is 0 Å². The minimum atomic E-state index is -3.34. The van der Waals surface area contributed by atoms with E-state index in [9.17, 15) is 8.42 Å². The Morgan fingerprint density at radius 3 is 2.38 bits per heavy atom. The first-order valence-electron chi connectivity index (χ1n) is 6.76. The third-order valence-corrected chi connectivity index (χ3v) is 5.57. The molecule has 1 unspecified atom stereocenters. The van der Waals surface area contributed by atoms with Gasteiger partial charge in [-0.05, 0) is 36.5 Å². The zero-order valence-electron chi connectivity index (χ0n) is 12.2. The molecule has 0 saturated carbocycles. The van der Waals surface area contributed by atoms with E-state index in [0.717, 1.165) is 22.5 Å². The van der Waals surface area contributed by atoms with Gasteiger partial charge in [0, 0.05) is 11.4 Å². The summed E-state index contributed by atoms with van der Waals surface area (Å²) in [6, 6.07) is 11.3. The van der Waals surface area contributed by atoms with E-state index in [4.69, 9.17) is 0 Å². The number of thiophene rings is 1. The number of benzene rings is 1. The van der Waals surface area contributed by atoms with Crippen LogP contribution in [-0.2, 0) is 22.3 Å². The molecule has 114 valence electrons. The van der Waals surface area contributed by atoms with Gasteiger partial charge in [0.2, 0.25) is 10.0 Å². The van der Waals surface area contributed by atoms with E-state index in [1.165, 1.54) is 0 Å². The standard InChI is InChI=1S/C15H20N2O2S2/c1-12(15-4-3-9-20-15)17-21(18,19)11-14-7-5-13(6-8-14)10-16-2/h3-9,12,16-17H,10-11H2,1-2H3. The van der Waals surface area contributed by atoms with E-state index < -0.39 is 10.0 Å². The van der Waals surface area contributed by atoms with Crippen molar-refractivity contribution in [2.45, 2.75) is 25.3 Å². The number of hydrogen-bond acceptors (Lipinski definition) is 4. The van der Waals surface area contributed by atoms with Gasteiger partial charge in [-0.2, -0.15) is 0 Å². The molecule has 6 heteroatoms. The summed E-state index contributed by atoms with van der Waals surface area (Å²) < 4.78 is 27.1. The highest BCUT2D eigenvalue weighted by molar-refractivity contribution is 7.88. The van der Waals surface area contributed by atoms with E-state index >= 15 is 0 Å². The minimum absolute atomic E-state index is 0.00253. The molecule has 0 radical (unpaired) electrons. The maximum atomic E-state index is 12.2. The van der Waals surface area contributed by atoms with Crippen LogP contribution in [0.2, 0.25) is 0 Å². The molecule has 0 aliphatic rings. The molecule has 0 aliphatic heterocycles. The van der Waals surface area contributed by atoms with Crippen molar-refractivity contribution < 1.29 is 8.42 Å². The summed E-state index contributed by atoms with van der Waals surface area (Å²) in [6.07, 6.45) is 0. The molecule has 2 rings (SSSR count). The lowest BCUT2D eigenvalue weighted by Crippen LogP contribution is -2.27. The summed E-state index contributed by atoms with van der Waals surface area (Å²) in [5.41, 5.74) is 1.93. The number of hydrogen-bond donors (Lipinski definition) is 2. The summed E-state index contributed by atoms with van der Waals surface area (Å²) in [5.74, 6) is 0.00253. The molecule has 0 fully saturated rings. The van der Waals surface area contributed by atoms with Crippen molar-refractivity contribution in [1.29, 1.82) is 0 Å². The topological polar surface area (TPSA) is 58.2 Å². The van der Waals surface area contributed by atoms with Crippen LogP contribution in [0.1, 0.15) is 29.0 Å². The van der Waals surface area contributed by atoms with E-state index in [2.05, 4.69) is 10.0 Å². The second kappa shape index (κ2) is 7.17. The van der Waals surface area contributed by atoms with Gasteiger partial charge in [-0.3, -0.25) is 0 Å². The van der Waals surface area contributed by atoms with Crippen LogP contribution in [0, 0.1) is 0 Å². The van der Waals surface area contributed by atoms with Crippen molar-refractivity contribution in [2.75, 3.05) is 7.05 Å². The zero-order chi connectivity index (χ0) is 15.3. The quantitative estimate of drug-likeness (QED) is 0.823. The van der Waals surface area contributed by atoms with Gasteiger partial charge < -0.3 is 5.32 Å². The van der Waals surface area contributed by atoms with Crippen LogP contribution in [-0.4, -0.2) is 15.5 Å². The Labute approximate surface area is 130 Å². The van der Waals surface area contributed by atoms with Crippen molar-refractivity contribution in [2.24, 2.45) is 0 Å². The molecule has 0 bridgehead atoms. The molecule has 0 spiro atoms. The minimum Gasteiger partial charge on any atom is -0.316 e. The molecule has 1 atom stereocenters. The van der Waals surface area contributed by atoms with Gasteiger partial charge in [0.1, 0.15) is 0 Å². The summed E-state index contributed by atoms with van der Waals surface area (Å²) in [7, 11) is -1.46. The highest BCUT2D eigenvalue weighted by atomic mass is 32.2. The maximum absolute atomic E-state index is 12.2. The average molecular weight is 324 g/mol. The fraction of sp³-hybridized carbons (Fsp3) is 0.333. The average Bonchev–Trinajstić information content (AvgIpc) is 2.94. The number of rotatable bonds is 7. The predicted octanol–water partition coefficient (Wildman–Crippen LogP) is 2.65. The SMILES string of the molecule is CNCc1ccc(CS(=O)(=O)NC(C)c2cccs2)cc1. The Kier molecular flexibility index (Phi) is 5.52. The van der Waals surface area contributed by atoms with Crippen LogP contribution < -0.4 is 10.0 Å². The van der Waals surface area contributed by atoms with Gasteiger partial charge in [0.25, 0.3) is 0 Å². The Bertz CT molecular complexity index is 649. The molecule has 4 nitrogen and oxygen atoms in total. The molecule has 2 aromatic rings. The van der Waals surface area contributed by atoms with Crippen molar-refractivity contribution in [1.82, 2.24) is 10.0 Å². The lowest BCUT2D eigenvalue weighted by atomic mass is 10.1. The molecular formula is C15H20N2O2S2. The Hall–Kier alpha value is -1.21. The van der Waals surface area contributed by atoms with E-state index in [-0.39, 0.29) is 11.8 Å². The summed E-state index contributed by atoms with van der Waals surface area (Å²) in [5, 5.41) is 5.01. The molecule has 21 heavy (non-hydrogen) atoms. The van der Waals surface area contributed by atoms with Crippen LogP contribution in [0.15, 0.2) is 41.8 Å². The first kappa shape index (κ1) is 16.2. The van der Waals surface area contributed by atoms with Crippen LogP contribution in [0.4, 0.5) is 0 Å². The van der Waals surface area contributed by atoms with Gasteiger partial charge in [-0.15, -0.1) is 11.3 Å². The summed E-state index contributed by atoms with van der Waals surface area (Å²) in [4.78, 5) is 1.02. The highest BCUT2D eigenvalue weighted by Crippen LogP contribution is 2.19. The van der Waals surface area contributed by atoms with Crippen molar-refractivity contribution in [3.8, 4) is 0 Å². The van der Waals surface area contributed by atoms with E-state index in [1.807, 2.05) is 55.7 Å². The van der Waals surface area contributed by atoms with Crippen molar-refractivity contribution in [3.63, 3.8) is 0 Å². The smallest absolute Gasteiger partial charge is 0.216 e. The lowest BCUT2D eigenvalue weighted by molar-refractivity contribution is 0.567. The fourth-order valence-electron chi connectivity index (χ4n) is 2.08. The summed E-state index contributed by atoms with van der Waals surface area (Å²) >= 11 is 1.55. The largest absolute Gasteiger partial charge is 0.316 e. The van der Waals surface area contributed by atoms with Gasteiger partial charge >= 0.3 is 0 Å². The lowest BCUT2D eigenvalue weighted by Gasteiger charge is -2.13. The van der Waals surface area contributed by atoms with Crippen molar-refractivity contribution >= 4 is 21.4 Å². The Morgan fingerprint density at radius 2 is 1.81 bits per heavy atom. The van der Waals surface area contributed by atoms with Crippen LogP contribution in [0.3, 0.4) is 0 Å². The monoisotopic (exact) mass is 324 g/mol. The van der Waals surface area contributed by atoms with Crippen LogP contribution in [0.25, 0.3) is 0 Å². The third-order valence-electron chi connectivity index (χ3n) is 3.09. The Balaban J connectivity index is 2.00. The van der Waals surface area contributed by atoms with E-state index in [1.54, 1.807) is 11.3 Å². The molecule has 1 aromatic heterocycles. The normalized spacial score (nSPS) is 13.2. The van der Waals surface area contributed by atoms with Crippen LogP contribution in [0.5, 0.6) is 0 Å². The van der Waals surface area contributed by atoms with Crippen molar-refractivity contribution in [3.05, 3.63) is 57.8 Å². The third kappa shape index (κ3) is 4.93. The number of nitrogens with one attached hydrogen (secondary N) is 2. The van der Waals surface area contributed by atoms with Gasteiger partial charge in [-0.1, -0.05) is 30.3 Å². The van der Waals surface area contributed by atoms with Gasteiger partial charge in [-0.25, -0.2) is 13.1 Å². The molecule has 0 amide bonds. The van der Waals surface area contributed by atoms with Gasteiger partial charge in [0.05, 0.1) is 11.8 Å². The second-order valence-electron chi connectivity index (χ2n) is 4.96. The first-order chi connectivity index (χ1) is 10.00. The molecule has 1 heterocycles. The Morgan fingerprint density at radius 1 is 1.14 bits per heavy atom. The maximum Gasteiger partial charge on any atom is 0.216 e. The molecule has 2 N–H and O–H groups in total. The molecule has 1 aromatic carbocycles. The molecular weight excluding hydrogens is 304 g/mol. The second-order valence-corrected chi connectivity index (χ2v) is 7.69. The highest BCUT2D eigenvalue weighted by Gasteiger charge is 2.17.